The fraction of sp³-hybridized carbons (Fsp3) is 0.125. The Morgan fingerprint density at radius 1 is 1.10 bits per heavy atom. The second-order valence-corrected chi connectivity index (χ2v) is 5.12. The highest BCUT2D eigenvalue weighted by atomic mass is 32.1. The third kappa shape index (κ3) is 2.60. The Morgan fingerprint density at radius 3 is 2.57 bits per heavy atom. The Hall–Kier alpha value is -2.40. The van der Waals surface area contributed by atoms with E-state index in [0.29, 0.717) is 23.6 Å². The van der Waals surface area contributed by atoms with Gasteiger partial charge in [-0.1, -0.05) is 42.5 Å². The third-order valence-electron chi connectivity index (χ3n) is 3.33. The summed E-state index contributed by atoms with van der Waals surface area (Å²) in [7, 11) is 0. The summed E-state index contributed by atoms with van der Waals surface area (Å²) in [6.45, 7) is 1.35. The average molecular weight is 298 g/mol. The summed E-state index contributed by atoms with van der Waals surface area (Å²) in [5.74, 6) is 0.796. The van der Waals surface area contributed by atoms with Crippen molar-refractivity contribution in [1.82, 2.24) is 4.90 Å². The molecule has 3 rings (SSSR count). The van der Waals surface area contributed by atoms with Crippen molar-refractivity contribution in [1.29, 1.82) is 0 Å². The molecule has 2 N–H and O–H groups in total. The van der Waals surface area contributed by atoms with Crippen molar-refractivity contribution < 1.29 is 10.2 Å². The zero-order chi connectivity index (χ0) is 14.8. The van der Waals surface area contributed by atoms with Crippen molar-refractivity contribution in [2.24, 2.45) is 4.99 Å². The van der Waals surface area contributed by atoms with Crippen LogP contribution < -0.4 is 0 Å². The van der Waals surface area contributed by atoms with E-state index in [0.717, 1.165) is 11.4 Å². The van der Waals surface area contributed by atoms with E-state index >= 15 is 0 Å². The summed E-state index contributed by atoms with van der Waals surface area (Å²) in [5, 5.41) is 19.3. The minimum absolute atomic E-state index is 0.0115. The largest absolute Gasteiger partial charge is 0.508 e. The number of amidine groups is 1. The molecule has 0 bridgehead atoms. The van der Waals surface area contributed by atoms with Crippen molar-refractivity contribution in [3.63, 3.8) is 0 Å². The first-order chi connectivity index (χ1) is 10.2. The normalized spacial score (nSPS) is 14.1. The predicted octanol–water partition coefficient (Wildman–Crippen LogP) is 2.54. The lowest BCUT2D eigenvalue weighted by atomic mass is 10.1. The van der Waals surface area contributed by atoms with Gasteiger partial charge in [-0.05, 0) is 12.1 Å². The Bertz CT molecular complexity index is 713. The maximum absolute atomic E-state index is 9.96. The van der Waals surface area contributed by atoms with E-state index < -0.39 is 0 Å². The molecule has 0 aliphatic carbocycles. The Balaban J connectivity index is 1.93. The molecule has 0 fully saturated rings. The van der Waals surface area contributed by atoms with Crippen molar-refractivity contribution in [2.75, 3.05) is 13.1 Å². The number of phenols is 2. The van der Waals surface area contributed by atoms with E-state index in [4.69, 9.17) is 12.2 Å². The number of benzene rings is 2. The van der Waals surface area contributed by atoms with Crippen LogP contribution in [0.2, 0.25) is 0 Å². The molecule has 0 amide bonds. The van der Waals surface area contributed by atoms with E-state index in [1.165, 1.54) is 12.1 Å². The molecule has 0 saturated heterocycles. The van der Waals surface area contributed by atoms with Gasteiger partial charge in [0.1, 0.15) is 22.3 Å². The zero-order valence-corrected chi connectivity index (χ0v) is 12.0. The Kier molecular flexibility index (Phi) is 3.58. The average Bonchev–Trinajstić information content (AvgIpc) is 2.97. The maximum Gasteiger partial charge on any atom is 0.136 e. The second-order valence-electron chi connectivity index (χ2n) is 4.73. The predicted molar refractivity (Wildman–Crippen MR) is 86.0 cm³/mol. The number of aliphatic imine (C=N–C) groups is 1. The molecule has 106 valence electrons. The summed E-state index contributed by atoms with van der Waals surface area (Å²) in [6, 6.07) is 14.2. The van der Waals surface area contributed by atoms with Crippen molar-refractivity contribution in [3.05, 3.63) is 59.7 Å². The van der Waals surface area contributed by atoms with Crippen LogP contribution in [0.3, 0.4) is 0 Å². The van der Waals surface area contributed by atoms with Crippen LogP contribution in [-0.4, -0.2) is 39.0 Å². The van der Waals surface area contributed by atoms with Gasteiger partial charge in [0.05, 0.1) is 12.1 Å². The minimum atomic E-state index is -0.0284. The first-order valence-corrected chi connectivity index (χ1v) is 7.01. The Morgan fingerprint density at radius 2 is 1.86 bits per heavy atom. The molecule has 0 saturated carbocycles. The summed E-state index contributed by atoms with van der Waals surface area (Å²) in [6.07, 6.45) is 0. The standard InChI is InChI=1S/C16H14N2O2S/c19-12-6-7-13(14(20)10-12)16(21)18-9-8-17-15(18)11-4-2-1-3-5-11/h1-7,10,19-20H,8-9H2. The lowest BCUT2D eigenvalue weighted by Crippen LogP contribution is -2.34. The maximum atomic E-state index is 9.96. The van der Waals surface area contributed by atoms with E-state index in [1.807, 2.05) is 35.2 Å². The zero-order valence-electron chi connectivity index (χ0n) is 11.2. The van der Waals surface area contributed by atoms with Crippen LogP contribution in [0.1, 0.15) is 11.1 Å². The SMILES string of the molecule is Oc1ccc(C(=S)N2CCN=C2c2ccccc2)c(O)c1. The van der Waals surface area contributed by atoms with Crippen LogP contribution >= 0.6 is 12.2 Å². The number of phenolic OH excluding ortho intramolecular Hbond substituents is 2. The summed E-state index contributed by atoms with van der Waals surface area (Å²) in [4.78, 5) is 6.93. The molecule has 1 aliphatic heterocycles. The molecule has 0 radical (unpaired) electrons. The van der Waals surface area contributed by atoms with Gasteiger partial charge < -0.3 is 15.1 Å². The molecule has 2 aromatic rings. The molecule has 0 aromatic heterocycles. The molecule has 21 heavy (non-hydrogen) atoms. The van der Waals surface area contributed by atoms with Gasteiger partial charge in [-0.15, -0.1) is 0 Å². The van der Waals surface area contributed by atoms with Gasteiger partial charge in [-0.2, -0.15) is 0 Å². The van der Waals surface area contributed by atoms with Crippen LogP contribution in [0.4, 0.5) is 0 Å². The van der Waals surface area contributed by atoms with E-state index in [9.17, 15) is 10.2 Å². The van der Waals surface area contributed by atoms with Crippen molar-refractivity contribution in [2.45, 2.75) is 0 Å². The molecule has 5 heteroatoms. The van der Waals surface area contributed by atoms with Crippen molar-refractivity contribution >= 4 is 23.0 Å². The number of rotatable bonds is 2. The van der Waals surface area contributed by atoms with Gasteiger partial charge in [-0.3, -0.25) is 4.99 Å². The number of aromatic hydroxyl groups is 2. The quantitative estimate of drug-likeness (QED) is 0.837. The fourth-order valence-electron chi connectivity index (χ4n) is 2.33. The van der Waals surface area contributed by atoms with Crippen LogP contribution in [0.15, 0.2) is 53.5 Å². The smallest absolute Gasteiger partial charge is 0.136 e. The summed E-state index contributed by atoms with van der Waals surface area (Å²) in [5.41, 5.74) is 1.52. The van der Waals surface area contributed by atoms with Gasteiger partial charge in [0, 0.05) is 18.2 Å². The second kappa shape index (κ2) is 5.54. The van der Waals surface area contributed by atoms with Gasteiger partial charge in [-0.25, -0.2) is 0 Å². The van der Waals surface area contributed by atoms with Gasteiger partial charge in [0.25, 0.3) is 0 Å². The van der Waals surface area contributed by atoms with E-state index in [2.05, 4.69) is 4.99 Å². The lowest BCUT2D eigenvalue weighted by Gasteiger charge is -2.22. The molecule has 4 nitrogen and oxygen atoms in total. The minimum Gasteiger partial charge on any atom is -0.508 e. The number of nitrogens with zero attached hydrogens (tertiary/aromatic N) is 2. The number of thiocarbonyl (C=S) groups is 1. The van der Waals surface area contributed by atoms with Crippen molar-refractivity contribution in [3.8, 4) is 11.5 Å². The van der Waals surface area contributed by atoms with Crippen LogP contribution in [0.25, 0.3) is 0 Å². The lowest BCUT2D eigenvalue weighted by molar-refractivity contribution is 0.449. The van der Waals surface area contributed by atoms with Crippen LogP contribution in [-0.2, 0) is 0 Å². The highest BCUT2D eigenvalue weighted by molar-refractivity contribution is 7.80. The number of hydrogen-bond donors (Lipinski definition) is 2. The monoisotopic (exact) mass is 298 g/mol. The number of hydrogen-bond acceptors (Lipinski definition) is 4. The van der Waals surface area contributed by atoms with Gasteiger partial charge in [0.2, 0.25) is 0 Å². The first-order valence-electron chi connectivity index (χ1n) is 6.60. The fourth-order valence-corrected chi connectivity index (χ4v) is 2.68. The molecule has 0 atom stereocenters. The summed E-state index contributed by atoms with van der Waals surface area (Å²) >= 11 is 5.49. The molecule has 1 heterocycles. The molecular weight excluding hydrogens is 284 g/mol. The summed E-state index contributed by atoms with van der Waals surface area (Å²) < 4.78 is 0. The highest BCUT2D eigenvalue weighted by Crippen LogP contribution is 2.26. The molecule has 2 aromatic carbocycles. The van der Waals surface area contributed by atoms with Crippen LogP contribution in [0.5, 0.6) is 11.5 Å². The van der Waals surface area contributed by atoms with Gasteiger partial charge >= 0.3 is 0 Å². The molecule has 1 aliphatic rings. The van der Waals surface area contributed by atoms with E-state index in [1.54, 1.807) is 6.07 Å². The molecule has 0 spiro atoms. The topological polar surface area (TPSA) is 56.1 Å². The molecular formula is C16H14N2O2S. The first kappa shape index (κ1) is 13.6. The highest BCUT2D eigenvalue weighted by Gasteiger charge is 2.24. The van der Waals surface area contributed by atoms with Crippen LogP contribution in [0, 0.1) is 0 Å². The Labute approximate surface area is 128 Å². The van der Waals surface area contributed by atoms with Gasteiger partial charge in [0.15, 0.2) is 0 Å². The third-order valence-corrected chi connectivity index (χ3v) is 3.77. The van der Waals surface area contributed by atoms with E-state index in [-0.39, 0.29) is 11.5 Å². The molecule has 0 unspecified atom stereocenters.